The SMILES string of the molecule is CCOC(=O)CCNCC(=O)NCCc1cccs1. The summed E-state index contributed by atoms with van der Waals surface area (Å²) in [5, 5.41) is 7.75. The van der Waals surface area contributed by atoms with Crippen LogP contribution in [0.4, 0.5) is 0 Å². The lowest BCUT2D eigenvalue weighted by molar-refractivity contribution is -0.143. The summed E-state index contributed by atoms with van der Waals surface area (Å²) in [5.41, 5.74) is 0. The fourth-order valence-electron chi connectivity index (χ4n) is 1.47. The summed E-state index contributed by atoms with van der Waals surface area (Å²) in [6, 6.07) is 4.05. The maximum Gasteiger partial charge on any atom is 0.307 e. The topological polar surface area (TPSA) is 67.4 Å². The van der Waals surface area contributed by atoms with Crippen LogP contribution in [-0.2, 0) is 20.7 Å². The molecule has 0 spiro atoms. The first-order valence-electron chi connectivity index (χ1n) is 6.37. The Morgan fingerprint density at radius 2 is 2.21 bits per heavy atom. The molecule has 0 radical (unpaired) electrons. The van der Waals surface area contributed by atoms with Gasteiger partial charge >= 0.3 is 5.97 Å². The van der Waals surface area contributed by atoms with Gasteiger partial charge in [0.1, 0.15) is 0 Å². The second-order valence-electron chi connectivity index (χ2n) is 3.91. The molecule has 2 N–H and O–H groups in total. The van der Waals surface area contributed by atoms with Gasteiger partial charge in [0, 0.05) is 18.0 Å². The molecule has 5 nitrogen and oxygen atoms in total. The van der Waals surface area contributed by atoms with Gasteiger partial charge in [-0.05, 0) is 24.8 Å². The van der Waals surface area contributed by atoms with Crippen LogP contribution in [0.15, 0.2) is 17.5 Å². The number of rotatable bonds is 9. The van der Waals surface area contributed by atoms with Crippen molar-refractivity contribution in [2.75, 3.05) is 26.2 Å². The lowest BCUT2D eigenvalue weighted by atomic mass is 10.3. The van der Waals surface area contributed by atoms with Gasteiger partial charge in [0.05, 0.1) is 19.6 Å². The van der Waals surface area contributed by atoms with Gasteiger partial charge in [-0.2, -0.15) is 0 Å². The highest BCUT2D eigenvalue weighted by Crippen LogP contribution is 2.07. The smallest absolute Gasteiger partial charge is 0.307 e. The highest BCUT2D eigenvalue weighted by atomic mass is 32.1. The summed E-state index contributed by atoms with van der Waals surface area (Å²) in [6.07, 6.45) is 1.14. The van der Waals surface area contributed by atoms with Crippen LogP contribution >= 0.6 is 11.3 Å². The van der Waals surface area contributed by atoms with Crippen LogP contribution in [0.2, 0.25) is 0 Å². The molecule has 0 saturated carbocycles. The molecule has 0 saturated heterocycles. The number of hydrogen-bond acceptors (Lipinski definition) is 5. The zero-order chi connectivity index (χ0) is 13.9. The average Bonchev–Trinajstić information content (AvgIpc) is 2.88. The third kappa shape index (κ3) is 7.58. The average molecular weight is 284 g/mol. The number of ether oxygens (including phenoxy) is 1. The van der Waals surface area contributed by atoms with Gasteiger partial charge in [-0.15, -0.1) is 11.3 Å². The van der Waals surface area contributed by atoms with Crippen LogP contribution in [0.5, 0.6) is 0 Å². The number of thiophene rings is 1. The number of nitrogens with one attached hydrogen (secondary N) is 2. The van der Waals surface area contributed by atoms with Crippen molar-refractivity contribution >= 4 is 23.2 Å². The molecular weight excluding hydrogens is 264 g/mol. The van der Waals surface area contributed by atoms with E-state index >= 15 is 0 Å². The number of esters is 1. The van der Waals surface area contributed by atoms with E-state index in [2.05, 4.69) is 16.7 Å². The second kappa shape index (κ2) is 9.52. The van der Waals surface area contributed by atoms with Crippen molar-refractivity contribution in [2.45, 2.75) is 19.8 Å². The van der Waals surface area contributed by atoms with Crippen molar-refractivity contribution in [1.29, 1.82) is 0 Å². The Balaban J connectivity index is 1.97. The molecule has 0 aliphatic carbocycles. The quantitative estimate of drug-likeness (QED) is 0.523. The van der Waals surface area contributed by atoms with Gasteiger partial charge in [0.15, 0.2) is 0 Å². The minimum atomic E-state index is -0.242. The number of carbonyl (C=O) groups is 2. The Kier molecular flexibility index (Phi) is 7.84. The van der Waals surface area contributed by atoms with Gasteiger partial charge in [-0.3, -0.25) is 9.59 Å². The minimum absolute atomic E-state index is 0.0552. The largest absolute Gasteiger partial charge is 0.466 e. The molecular formula is C13H20N2O3S. The first kappa shape index (κ1) is 15.7. The zero-order valence-corrected chi connectivity index (χ0v) is 11.9. The number of carbonyl (C=O) groups excluding carboxylic acids is 2. The van der Waals surface area contributed by atoms with Gasteiger partial charge < -0.3 is 15.4 Å². The molecule has 0 aromatic carbocycles. The van der Waals surface area contributed by atoms with Crippen LogP contribution in [-0.4, -0.2) is 38.1 Å². The standard InChI is InChI=1S/C13H20N2O3S/c1-2-18-13(17)6-7-14-10-12(16)15-8-5-11-4-3-9-19-11/h3-4,9,14H,2,5-8,10H2,1H3,(H,15,16). The van der Waals surface area contributed by atoms with Crippen molar-refractivity contribution in [2.24, 2.45) is 0 Å². The molecule has 0 aliphatic heterocycles. The third-order valence-corrected chi connectivity index (χ3v) is 3.31. The van der Waals surface area contributed by atoms with E-state index in [0.717, 1.165) is 6.42 Å². The zero-order valence-electron chi connectivity index (χ0n) is 11.1. The van der Waals surface area contributed by atoms with Crippen molar-refractivity contribution in [3.05, 3.63) is 22.4 Å². The maximum absolute atomic E-state index is 11.5. The molecule has 1 rings (SSSR count). The predicted molar refractivity (Wildman–Crippen MR) is 75.2 cm³/mol. The fourth-order valence-corrected chi connectivity index (χ4v) is 2.18. The van der Waals surface area contributed by atoms with Crippen molar-refractivity contribution < 1.29 is 14.3 Å². The van der Waals surface area contributed by atoms with Crippen LogP contribution in [0, 0.1) is 0 Å². The van der Waals surface area contributed by atoms with E-state index in [4.69, 9.17) is 4.74 Å². The lowest BCUT2D eigenvalue weighted by Crippen LogP contribution is -2.35. The molecule has 1 aromatic heterocycles. The molecule has 1 aromatic rings. The first-order valence-corrected chi connectivity index (χ1v) is 7.25. The Labute approximate surface area is 117 Å². The molecule has 1 amide bonds. The molecule has 0 aliphatic rings. The maximum atomic E-state index is 11.5. The van der Waals surface area contributed by atoms with Crippen LogP contribution in [0.25, 0.3) is 0 Å². The highest BCUT2D eigenvalue weighted by Gasteiger charge is 2.03. The second-order valence-corrected chi connectivity index (χ2v) is 4.94. The Morgan fingerprint density at radius 3 is 2.89 bits per heavy atom. The van der Waals surface area contributed by atoms with E-state index in [0.29, 0.717) is 19.7 Å². The molecule has 6 heteroatoms. The van der Waals surface area contributed by atoms with E-state index < -0.39 is 0 Å². The summed E-state index contributed by atoms with van der Waals surface area (Å²) in [4.78, 5) is 23.7. The van der Waals surface area contributed by atoms with Gasteiger partial charge in [-0.1, -0.05) is 6.07 Å². The molecule has 0 unspecified atom stereocenters. The summed E-state index contributed by atoms with van der Waals surface area (Å²) in [5.74, 6) is -0.298. The van der Waals surface area contributed by atoms with Crippen LogP contribution in [0.3, 0.4) is 0 Å². The molecule has 0 bridgehead atoms. The Morgan fingerprint density at radius 1 is 1.37 bits per heavy atom. The molecule has 19 heavy (non-hydrogen) atoms. The van der Waals surface area contributed by atoms with Crippen LogP contribution < -0.4 is 10.6 Å². The van der Waals surface area contributed by atoms with Crippen molar-refractivity contribution in [3.63, 3.8) is 0 Å². The van der Waals surface area contributed by atoms with Crippen molar-refractivity contribution in [1.82, 2.24) is 10.6 Å². The van der Waals surface area contributed by atoms with E-state index in [9.17, 15) is 9.59 Å². The molecule has 0 fully saturated rings. The normalized spacial score (nSPS) is 10.2. The molecule has 0 atom stereocenters. The number of hydrogen-bond donors (Lipinski definition) is 2. The summed E-state index contributed by atoms with van der Waals surface area (Å²) in [6.45, 7) is 3.48. The third-order valence-electron chi connectivity index (χ3n) is 2.37. The Bertz CT molecular complexity index is 379. The van der Waals surface area contributed by atoms with Gasteiger partial charge in [0.25, 0.3) is 0 Å². The molecule has 106 valence electrons. The van der Waals surface area contributed by atoms with Gasteiger partial charge in [-0.25, -0.2) is 0 Å². The summed E-state index contributed by atoms with van der Waals surface area (Å²) < 4.78 is 4.78. The first-order chi connectivity index (χ1) is 9.22. The van der Waals surface area contributed by atoms with Crippen LogP contribution in [0.1, 0.15) is 18.2 Å². The number of amides is 1. The summed E-state index contributed by atoms with van der Waals surface area (Å²) >= 11 is 1.69. The van der Waals surface area contributed by atoms with Crippen molar-refractivity contribution in [3.8, 4) is 0 Å². The Hall–Kier alpha value is -1.40. The van der Waals surface area contributed by atoms with Gasteiger partial charge in [0.2, 0.25) is 5.91 Å². The van der Waals surface area contributed by atoms with E-state index in [1.54, 1.807) is 18.3 Å². The lowest BCUT2D eigenvalue weighted by Gasteiger charge is -2.06. The molecule has 1 heterocycles. The van der Waals surface area contributed by atoms with E-state index in [1.807, 2.05) is 11.4 Å². The van der Waals surface area contributed by atoms with E-state index in [1.165, 1.54) is 4.88 Å². The monoisotopic (exact) mass is 284 g/mol. The van der Waals surface area contributed by atoms with E-state index in [-0.39, 0.29) is 24.8 Å². The highest BCUT2D eigenvalue weighted by molar-refractivity contribution is 7.09. The fraction of sp³-hybridized carbons (Fsp3) is 0.538. The summed E-state index contributed by atoms with van der Waals surface area (Å²) in [7, 11) is 0. The predicted octanol–water partition coefficient (Wildman–Crippen LogP) is 0.950. The minimum Gasteiger partial charge on any atom is -0.466 e.